The van der Waals surface area contributed by atoms with Crippen LogP contribution in [-0.4, -0.2) is 11.6 Å². The molecule has 7 heteroatoms. The van der Waals surface area contributed by atoms with Gasteiger partial charge in [-0.05, 0) is 18.2 Å². The summed E-state index contributed by atoms with van der Waals surface area (Å²) in [4.78, 5) is 5.06. The Bertz CT molecular complexity index is 522. The Morgan fingerprint density at radius 3 is 2.89 bits per heavy atom. The maximum absolute atomic E-state index is 12.3. The van der Waals surface area contributed by atoms with Crippen LogP contribution in [0.25, 0.3) is 0 Å². The molecule has 0 atom stereocenters. The number of thiazole rings is 1. The molecule has 0 saturated carbocycles. The molecule has 0 aliphatic heterocycles. The fourth-order valence-electron chi connectivity index (χ4n) is 1.55. The van der Waals surface area contributed by atoms with Gasteiger partial charge in [-0.25, -0.2) is 0 Å². The standard InChI is InChI=1S/C12H11BrF2N2OS/c13-9-1-2-11(18-12(14)15)8(3-9)4-16-5-10-6-17-7-19-10/h1-3,6-7,12,16H,4-5H2. The average Bonchev–Trinajstić information content (AvgIpc) is 2.85. The molecule has 102 valence electrons. The van der Waals surface area contributed by atoms with Gasteiger partial charge in [0, 0.05) is 34.2 Å². The van der Waals surface area contributed by atoms with Gasteiger partial charge in [-0.2, -0.15) is 8.78 Å². The lowest BCUT2D eigenvalue weighted by atomic mass is 10.2. The van der Waals surface area contributed by atoms with Gasteiger partial charge in [0.2, 0.25) is 0 Å². The lowest BCUT2D eigenvalue weighted by molar-refractivity contribution is -0.0505. The summed E-state index contributed by atoms with van der Waals surface area (Å²) in [6, 6.07) is 4.96. The van der Waals surface area contributed by atoms with Gasteiger partial charge in [0.25, 0.3) is 0 Å². The minimum Gasteiger partial charge on any atom is -0.434 e. The van der Waals surface area contributed by atoms with Crippen LogP contribution in [0.15, 0.2) is 34.4 Å². The third-order valence-electron chi connectivity index (χ3n) is 2.34. The Hall–Kier alpha value is -1.05. The van der Waals surface area contributed by atoms with Gasteiger partial charge >= 0.3 is 6.61 Å². The number of alkyl halides is 2. The minimum atomic E-state index is -2.82. The van der Waals surface area contributed by atoms with Crippen molar-refractivity contribution in [2.45, 2.75) is 19.7 Å². The van der Waals surface area contributed by atoms with Crippen LogP contribution in [0.5, 0.6) is 5.75 Å². The fourth-order valence-corrected chi connectivity index (χ4v) is 2.52. The molecule has 0 saturated heterocycles. The summed E-state index contributed by atoms with van der Waals surface area (Å²) in [5, 5.41) is 3.17. The minimum absolute atomic E-state index is 0.190. The van der Waals surface area contributed by atoms with E-state index in [9.17, 15) is 8.78 Å². The van der Waals surface area contributed by atoms with Crippen LogP contribution in [-0.2, 0) is 13.1 Å². The Balaban J connectivity index is 1.99. The fraction of sp³-hybridized carbons (Fsp3) is 0.250. The summed E-state index contributed by atoms with van der Waals surface area (Å²) in [6.07, 6.45) is 1.77. The monoisotopic (exact) mass is 348 g/mol. The first-order valence-corrected chi connectivity index (χ1v) is 7.14. The van der Waals surface area contributed by atoms with Gasteiger partial charge in [-0.3, -0.25) is 4.98 Å². The van der Waals surface area contributed by atoms with Gasteiger partial charge in [-0.15, -0.1) is 11.3 Å². The van der Waals surface area contributed by atoms with Crippen molar-refractivity contribution in [1.29, 1.82) is 0 Å². The predicted molar refractivity (Wildman–Crippen MR) is 73.4 cm³/mol. The largest absolute Gasteiger partial charge is 0.434 e. The highest BCUT2D eigenvalue weighted by molar-refractivity contribution is 9.10. The van der Waals surface area contributed by atoms with E-state index in [1.54, 1.807) is 35.2 Å². The highest BCUT2D eigenvalue weighted by Gasteiger charge is 2.10. The quantitative estimate of drug-likeness (QED) is 0.862. The Labute approximate surface area is 121 Å². The summed E-state index contributed by atoms with van der Waals surface area (Å²) in [6.45, 7) is -1.73. The Morgan fingerprint density at radius 1 is 1.37 bits per heavy atom. The lowest BCUT2D eigenvalue weighted by Gasteiger charge is -2.11. The molecule has 0 radical (unpaired) electrons. The molecule has 0 spiro atoms. The Morgan fingerprint density at radius 2 is 2.21 bits per heavy atom. The molecule has 0 unspecified atom stereocenters. The molecule has 0 amide bonds. The zero-order chi connectivity index (χ0) is 13.7. The van der Waals surface area contributed by atoms with E-state index >= 15 is 0 Å². The number of rotatable bonds is 6. The van der Waals surface area contributed by atoms with E-state index in [2.05, 4.69) is 31.0 Å². The first-order chi connectivity index (χ1) is 9.15. The van der Waals surface area contributed by atoms with Gasteiger partial charge < -0.3 is 10.1 Å². The summed E-state index contributed by atoms with van der Waals surface area (Å²) in [5.41, 5.74) is 2.43. The third kappa shape index (κ3) is 4.52. The Kier molecular flexibility index (Phi) is 5.24. The molecule has 0 aliphatic carbocycles. The maximum Gasteiger partial charge on any atom is 0.387 e. The average molecular weight is 349 g/mol. The molecule has 1 N–H and O–H groups in total. The van der Waals surface area contributed by atoms with Crippen LogP contribution >= 0.6 is 27.3 Å². The topological polar surface area (TPSA) is 34.1 Å². The van der Waals surface area contributed by atoms with E-state index in [0.717, 1.165) is 9.35 Å². The highest BCUT2D eigenvalue weighted by atomic mass is 79.9. The van der Waals surface area contributed by atoms with Crippen molar-refractivity contribution in [2.75, 3.05) is 0 Å². The first kappa shape index (κ1) is 14.4. The molecule has 0 bridgehead atoms. The van der Waals surface area contributed by atoms with E-state index in [0.29, 0.717) is 18.7 Å². The predicted octanol–water partition coefficient (Wildman–Crippen LogP) is 3.80. The molecule has 2 aromatic rings. The van der Waals surface area contributed by atoms with Crippen LogP contribution in [0, 0.1) is 0 Å². The zero-order valence-corrected chi connectivity index (χ0v) is 12.2. The molecular weight excluding hydrogens is 338 g/mol. The van der Waals surface area contributed by atoms with E-state index in [-0.39, 0.29) is 5.75 Å². The van der Waals surface area contributed by atoms with E-state index in [1.165, 1.54) is 6.07 Å². The summed E-state index contributed by atoms with van der Waals surface area (Å²) in [7, 11) is 0. The van der Waals surface area contributed by atoms with Gasteiger partial charge in [0.1, 0.15) is 5.75 Å². The number of halogens is 3. The molecule has 19 heavy (non-hydrogen) atoms. The molecular formula is C12H11BrF2N2OS. The third-order valence-corrected chi connectivity index (χ3v) is 3.61. The summed E-state index contributed by atoms with van der Waals surface area (Å²) in [5.74, 6) is 0.190. The lowest BCUT2D eigenvalue weighted by Crippen LogP contribution is -2.14. The normalized spacial score (nSPS) is 10.9. The van der Waals surface area contributed by atoms with Crippen molar-refractivity contribution >= 4 is 27.3 Å². The number of nitrogens with one attached hydrogen (secondary N) is 1. The van der Waals surface area contributed by atoms with Crippen molar-refractivity contribution in [2.24, 2.45) is 0 Å². The van der Waals surface area contributed by atoms with E-state index < -0.39 is 6.61 Å². The van der Waals surface area contributed by atoms with Gasteiger partial charge in [0.15, 0.2) is 0 Å². The van der Waals surface area contributed by atoms with Crippen molar-refractivity contribution in [3.05, 3.63) is 44.8 Å². The second kappa shape index (κ2) is 6.93. The van der Waals surface area contributed by atoms with Gasteiger partial charge in [-0.1, -0.05) is 15.9 Å². The van der Waals surface area contributed by atoms with Crippen molar-refractivity contribution < 1.29 is 13.5 Å². The summed E-state index contributed by atoms with van der Waals surface area (Å²) < 4.78 is 29.9. The second-order valence-corrected chi connectivity index (χ2v) is 5.59. The molecule has 2 rings (SSSR count). The highest BCUT2D eigenvalue weighted by Crippen LogP contribution is 2.24. The molecule has 0 aliphatic rings. The zero-order valence-electron chi connectivity index (χ0n) is 9.78. The van der Waals surface area contributed by atoms with Crippen LogP contribution in [0.2, 0.25) is 0 Å². The number of benzene rings is 1. The smallest absolute Gasteiger partial charge is 0.387 e. The van der Waals surface area contributed by atoms with Crippen molar-refractivity contribution in [3.8, 4) is 5.75 Å². The summed E-state index contributed by atoms with van der Waals surface area (Å²) >= 11 is 4.86. The molecule has 1 aromatic heterocycles. The van der Waals surface area contributed by atoms with E-state index in [4.69, 9.17) is 0 Å². The van der Waals surface area contributed by atoms with E-state index in [1.807, 2.05) is 0 Å². The first-order valence-electron chi connectivity index (χ1n) is 5.46. The molecule has 3 nitrogen and oxygen atoms in total. The SMILES string of the molecule is FC(F)Oc1ccc(Br)cc1CNCc1cncs1. The van der Waals surface area contributed by atoms with Crippen LogP contribution in [0.1, 0.15) is 10.4 Å². The molecule has 0 fully saturated rings. The van der Waals surface area contributed by atoms with Crippen molar-refractivity contribution in [1.82, 2.24) is 10.3 Å². The number of nitrogens with zero attached hydrogens (tertiary/aromatic N) is 1. The van der Waals surface area contributed by atoms with Crippen LogP contribution in [0.3, 0.4) is 0 Å². The maximum atomic E-state index is 12.3. The van der Waals surface area contributed by atoms with Gasteiger partial charge in [0.05, 0.1) is 5.51 Å². The number of hydrogen-bond donors (Lipinski definition) is 1. The molecule has 1 aromatic carbocycles. The number of aromatic nitrogens is 1. The number of hydrogen-bond acceptors (Lipinski definition) is 4. The van der Waals surface area contributed by atoms with Crippen LogP contribution < -0.4 is 10.1 Å². The van der Waals surface area contributed by atoms with Crippen LogP contribution in [0.4, 0.5) is 8.78 Å². The van der Waals surface area contributed by atoms with Crippen molar-refractivity contribution in [3.63, 3.8) is 0 Å². The molecule has 1 heterocycles. The second-order valence-electron chi connectivity index (χ2n) is 3.70. The number of ether oxygens (including phenoxy) is 1.